The molecule has 0 N–H and O–H groups in total. The fourth-order valence-corrected chi connectivity index (χ4v) is 6.26. The minimum atomic E-state index is -3.65. The van der Waals surface area contributed by atoms with Crippen molar-refractivity contribution < 1.29 is 22.1 Å². The molecule has 3 heterocycles. The number of sulfonamides is 1. The van der Waals surface area contributed by atoms with Gasteiger partial charge in [-0.3, -0.25) is 9.36 Å². The summed E-state index contributed by atoms with van der Waals surface area (Å²) in [5.74, 6) is 5.90. The zero-order chi connectivity index (χ0) is 25.3. The summed E-state index contributed by atoms with van der Waals surface area (Å²) < 4.78 is 54.0. The lowest BCUT2D eigenvalue weighted by molar-refractivity contribution is 0.379. The van der Waals surface area contributed by atoms with E-state index in [1.165, 1.54) is 46.5 Å². The second kappa shape index (κ2) is 9.91. The molecule has 1 fully saturated rings. The summed E-state index contributed by atoms with van der Waals surface area (Å²) in [4.78, 5) is 13.0. The molecule has 1 aliphatic carbocycles. The van der Waals surface area contributed by atoms with E-state index in [4.69, 9.17) is 9.26 Å². The maximum absolute atomic E-state index is 15.1. The molecule has 0 bridgehead atoms. The predicted octanol–water partition coefficient (Wildman–Crippen LogP) is 3.40. The first-order valence-electron chi connectivity index (χ1n) is 11.9. The Kier molecular flexibility index (Phi) is 6.69. The standard InChI is InChI=1S/C26H26FN3O5S/c1-34-25-14-19(7-6-18-4-2-3-5-18)22(27)15-24(25)30-23-10-12-29(16-20(23)8-9-26(30)31)36(32,33)17-21-11-13-35-28-21/h8-9,11,13-15,18H,2-5,10,12,16-17H2,1H3. The molecular weight excluding hydrogens is 485 g/mol. The van der Waals surface area contributed by atoms with Crippen LogP contribution in [0.4, 0.5) is 4.39 Å². The van der Waals surface area contributed by atoms with Gasteiger partial charge in [-0.2, -0.15) is 4.31 Å². The molecule has 0 amide bonds. The van der Waals surface area contributed by atoms with Crippen molar-refractivity contribution in [3.05, 3.63) is 75.3 Å². The molecule has 10 heteroatoms. The molecule has 0 radical (unpaired) electrons. The molecular formula is C26H26FN3O5S. The average Bonchev–Trinajstić information content (AvgIpc) is 3.57. The van der Waals surface area contributed by atoms with Crippen LogP contribution < -0.4 is 10.3 Å². The SMILES string of the molecule is COc1cc(C#CC2CCCC2)c(F)cc1-n1c2c(ccc1=O)CN(S(=O)(=O)Cc1ccon1)CC2. The summed E-state index contributed by atoms with van der Waals surface area (Å²) in [7, 11) is -2.19. The third-order valence-electron chi connectivity index (χ3n) is 6.72. The molecule has 3 aromatic rings. The van der Waals surface area contributed by atoms with Crippen molar-refractivity contribution in [2.24, 2.45) is 5.92 Å². The highest BCUT2D eigenvalue weighted by atomic mass is 32.2. The minimum absolute atomic E-state index is 0.0888. The Labute approximate surface area is 208 Å². The fourth-order valence-electron chi connectivity index (χ4n) is 4.85. The number of hydrogen-bond acceptors (Lipinski definition) is 6. The normalized spacial score (nSPS) is 16.4. The van der Waals surface area contributed by atoms with Crippen molar-refractivity contribution in [3.63, 3.8) is 0 Å². The molecule has 5 rings (SSSR count). The molecule has 1 saturated carbocycles. The molecule has 0 spiro atoms. The van der Waals surface area contributed by atoms with E-state index in [1.54, 1.807) is 6.07 Å². The first-order valence-corrected chi connectivity index (χ1v) is 13.5. The van der Waals surface area contributed by atoms with Crippen LogP contribution in [0.25, 0.3) is 5.69 Å². The van der Waals surface area contributed by atoms with Crippen molar-refractivity contribution in [2.75, 3.05) is 13.7 Å². The van der Waals surface area contributed by atoms with Gasteiger partial charge in [-0.1, -0.05) is 35.9 Å². The predicted molar refractivity (Wildman–Crippen MR) is 131 cm³/mol. The summed E-state index contributed by atoms with van der Waals surface area (Å²) in [5, 5.41) is 3.69. The lowest BCUT2D eigenvalue weighted by atomic mass is 10.0. The van der Waals surface area contributed by atoms with Gasteiger partial charge in [0, 0.05) is 55.4 Å². The molecule has 0 atom stereocenters. The van der Waals surface area contributed by atoms with E-state index in [0.717, 1.165) is 25.7 Å². The van der Waals surface area contributed by atoms with Gasteiger partial charge in [0.15, 0.2) is 0 Å². The van der Waals surface area contributed by atoms with Crippen LogP contribution in [0, 0.1) is 23.6 Å². The maximum Gasteiger partial charge on any atom is 0.255 e. The van der Waals surface area contributed by atoms with Crippen LogP contribution in [0.2, 0.25) is 0 Å². The van der Waals surface area contributed by atoms with Crippen LogP contribution in [0.5, 0.6) is 5.75 Å². The van der Waals surface area contributed by atoms with Crippen molar-refractivity contribution in [1.29, 1.82) is 0 Å². The molecule has 1 aromatic carbocycles. The zero-order valence-electron chi connectivity index (χ0n) is 19.9. The molecule has 0 saturated heterocycles. The van der Waals surface area contributed by atoms with Crippen molar-refractivity contribution in [3.8, 4) is 23.3 Å². The molecule has 1 aliphatic heterocycles. The number of fused-ring (bicyclic) bond motifs is 1. The highest BCUT2D eigenvalue weighted by Gasteiger charge is 2.30. The van der Waals surface area contributed by atoms with Gasteiger partial charge >= 0.3 is 0 Å². The van der Waals surface area contributed by atoms with Crippen LogP contribution in [0.15, 0.2) is 45.9 Å². The van der Waals surface area contributed by atoms with Crippen LogP contribution in [-0.2, 0) is 28.7 Å². The lowest BCUT2D eigenvalue weighted by Crippen LogP contribution is -2.39. The third-order valence-corrected chi connectivity index (χ3v) is 8.48. The molecule has 36 heavy (non-hydrogen) atoms. The second-order valence-electron chi connectivity index (χ2n) is 9.06. The van der Waals surface area contributed by atoms with Gasteiger partial charge in [0.25, 0.3) is 5.56 Å². The van der Waals surface area contributed by atoms with Crippen LogP contribution in [0.3, 0.4) is 0 Å². The number of ether oxygens (including phenoxy) is 1. The number of nitrogens with zero attached hydrogens (tertiary/aromatic N) is 3. The lowest BCUT2D eigenvalue weighted by Gasteiger charge is -2.30. The monoisotopic (exact) mass is 511 g/mol. The Bertz CT molecular complexity index is 1500. The van der Waals surface area contributed by atoms with Crippen LogP contribution in [-0.4, -0.2) is 36.1 Å². The van der Waals surface area contributed by atoms with E-state index in [1.807, 2.05) is 0 Å². The van der Waals surface area contributed by atoms with Gasteiger partial charge in [-0.15, -0.1) is 0 Å². The van der Waals surface area contributed by atoms with Gasteiger partial charge < -0.3 is 9.26 Å². The van der Waals surface area contributed by atoms with E-state index in [0.29, 0.717) is 22.7 Å². The average molecular weight is 512 g/mol. The Balaban J connectivity index is 1.49. The van der Waals surface area contributed by atoms with Gasteiger partial charge in [0.05, 0.1) is 24.1 Å². The van der Waals surface area contributed by atoms with Gasteiger partial charge in [-0.05, 0) is 18.4 Å². The Morgan fingerprint density at radius 3 is 2.75 bits per heavy atom. The van der Waals surface area contributed by atoms with E-state index in [-0.39, 0.29) is 48.0 Å². The first-order chi connectivity index (χ1) is 17.4. The number of methoxy groups -OCH3 is 1. The summed E-state index contributed by atoms with van der Waals surface area (Å²) >= 11 is 0. The minimum Gasteiger partial charge on any atom is -0.495 e. The quantitative estimate of drug-likeness (QED) is 0.488. The van der Waals surface area contributed by atoms with Crippen LogP contribution >= 0.6 is 0 Å². The number of benzene rings is 1. The Morgan fingerprint density at radius 2 is 2.03 bits per heavy atom. The Morgan fingerprint density at radius 1 is 1.22 bits per heavy atom. The molecule has 0 unspecified atom stereocenters. The highest BCUT2D eigenvalue weighted by molar-refractivity contribution is 7.88. The van der Waals surface area contributed by atoms with Gasteiger partial charge in [0.1, 0.15) is 23.6 Å². The van der Waals surface area contributed by atoms with Crippen molar-refractivity contribution in [1.82, 2.24) is 14.0 Å². The molecule has 2 aliphatic rings. The maximum atomic E-state index is 15.1. The number of pyridine rings is 1. The molecule has 8 nitrogen and oxygen atoms in total. The van der Waals surface area contributed by atoms with Crippen LogP contribution in [0.1, 0.15) is 48.2 Å². The summed E-state index contributed by atoms with van der Waals surface area (Å²) in [6.07, 6.45) is 5.95. The topological polar surface area (TPSA) is 94.6 Å². The summed E-state index contributed by atoms with van der Waals surface area (Å²) in [5.41, 5.74) is 1.75. The van der Waals surface area contributed by atoms with Crippen molar-refractivity contribution >= 4 is 10.0 Å². The van der Waals surface area contributed by atoms with E-state index >= 15 is 4.39 Å². The first kappa shape index (κ1) is 24.3. The Hall–Kier alpha value is -3.42. The number of rotatable bonds is 5. The highest BCUT2D eigenvalue weighted by Crippen LogP contribution is 2.30. The van der Waals surface area contributed by atoms with E-state index in [2.05, 4.69) is 17.0 Å². The van der Waals surface area contributed by atoms with Gasteiger partial charge in [-0.25, -0.2) is 12.8 Å². The number of aromatic nitrogens is 2. The zero-order valence-corrected chi connectivity index (χ0v) is 20.7. The second-order valence-corrected chi connectivity index (χ2v) is 11.0. The smallest absolute Gasteiger partial charge is 0.255 e. The number of hydrogen-bond donors (Lipinski definition) is 0. The van der Waals surface area contributed by atoms with Gasteiger partial charge in [0.2, 0.25) is 10.0 Å². The van der Waals surface area contributed by atoms with E-state index in [9.17, 15) is 13.2 Å². The largest absolute Gasteiger partial charge is 0.495 e. The molecule has 188 valence electrons. The summed E-state index contributed by atoms with van der Waals surface area (Å²) in [6, 6.07) is 7.28. The van der Waals surface area contributed by atoms with E-state index < -0.39 is 15.8 Å². The van der Waals surface area contributed by atoms with Crippen molar-refractivity contribution in [2.45, 2.75) is 44.4 Å². The number of halogens is 1. The fraction of sp³-hybridized carbons (Fsp3) is 0.385. The molecule has 2 aromatic heterocycles. The summed E-state index contributed by atoms with van der Waals surface area (Å²) in [6.45, 7) is 0.262. The third kappa shape index (κ3) is 4.81.